The molecule has 6 nitrogen and oxygen atoms in total. The van der Waals surface area contributed by atoms with Crippen LogP contribution < -0.4 is 0 Å². The van der Waals surface area contributed by atoms with Crippen molar-refractivity contribution in [1.82, 2.24) is 9.80 Å². The second-order valence-corrected chi connectivity index (χ2v) is 6.65. The zero-order chi connectivity index (χ0) is 16.7. The second kappa shape index (κ2) is 9.57. The van der Waals surface area contributed by atoms with Crippen LogP contribution in [-0.2, 0) is 14.3 Å². The van der Waals surface area contributed by atoms with Crippen molar-refractivity contribution in [2.75, 3.05) is 45.9 Å². The summed E-state index contributed by atoms with van der Waals surface area (Å²) in [6.07, 6.45) is 3.57. The number of carbonyl (C=O) groups is 1. The highest BCUT2D eigenvalue weighted by atomic mass is 16.5. The molecule has 2 rings (SSSR count). The van der Waals surface area contributed by atoms with E-state index in [-0.39, 0.29) is 18.1 Å². The summed E-state index contributed by atoms with van der Waals surface area (Å²) in [6.45, 7) is 8.90. The number of piperazine rings is 1. The van der Waals surface area contributed by atoms with E-state index in [0.29, 0.717) is 26.2 Å². The van der Waals surface area contributed by atoms with E-state index in [1.165, 1.54) is 6.42 Å². The van der Waals surface area contributed by atoms with E-state index >= 15 is 0 Å². The van der Waals surface area contributed by atoms with Crippen molar-refractivity contribution in [2.45, 2.75) is 57.8 Å². The van der Waals surface area contributed by atoms with Crippen LogP contribution in [0, 0.1) is 0 Å². The molecule has 0 aromatic carbocycles. The molecule has 0 bridgehead atoms. The molecule has 6 heteroatoms. The molecular weight excluding hydrogens is 296 g/mol. The maximum atomic E-state index is 12.4. The number of amides is 1. The summed E-state index contributed by atoms with van der Waals surface area (Å²) >= 11 is 0. The van der Waals surface area contributed by atoms with Crippen molar-refractivity contribution in [1.29, 1.82) is 0 Å². The fourth-order valence-electron chi connectivity index (χ4n) is 3.10. The van der Waals surface area contributed by atoms with E-state index in [1.807, 2.05) is 18.7 Å². The Labute approximate surface area is 139 Å². The fourth-order valence-corrected chi connectivity index (χ4v) is 3.10. The lowest BCUT2D eigenvalue weighted by Crippen LogP contribution is -2.52. The zero-order valence-corrected chi connectivity index (χ0v) is 14.6. The molecule has 1 N–H and O–H groups in total. The summed E-state index contributed by atoms with van der Waals surface area (Å²) in [5.41, 5.74) is 0. The van der Waals surface area contributed by atoms with Crippen LogP contribution in [-0.4, -0.2) is 85.1 Å². The largest absolute Gasteiger partial charge is 0.392 e. The first-order valence-corrected chi connectivity index (χ1v) is 9.02. The average molecular weight is 328 g/mol. The van der Waals surface area contributed by atoms with Gasteiger partial charge in [-0.15, -0.1) is 0 Å². The number of nitrogens with zero attached hydrogens (tertiary/aromatic N) is 2. The minimum atomic E-state index is -0.409. The summed E-state index contributed by atoms with van der Waals surface area (Å²) < 4.78 is 11.4. The summed E-state index contributed by atoms with van der Waals surface area (Å²) in [6, 6.07) is 0. The number of ether oxygens (including phenoxy) is 2. The lowest BCUT2D eigenvalue weighted by atomic mass is 10.1. The molecule has 0 saturated carbocycles. The average Bonchev–Trinajstić information content (AvgIpc) is 2.60. The van der Waals surface area contributed by atoms with Gasteiger partial charge in [0.1, 0.15) is 6.10 Å². The Hall–Kier alpha value is -0.690. The van der Waals surface area contributed by atoms with Gasteiger partial charge >= 0.3 is 0 Å². The van der Waals surface area contributed by atoms with Gasteiger partial charge in [-0.05, 0) is 32.6 Å². The number of rotatable bonds is 7. The Morgan fingerprint density at radius 2 is 2.04 bits per heavy atom. The number of β-amino-alcohol motifs (C(OH)–C–C–N with tert-alkyl or cyclic N) is 1. The van der Waals surface area contributed by atoms with Gasteiger partial charge in [-0.25, -0.2) is 0 Å². The van der Waals surface area contributed by atoms with E-state index in [0.717, 1.165) is 39.0 Å². The highest BCUT2D eigenvalue weighted by molar-refractivity contribution is 5.80. The van der Waals surface area contributed by atoms with Crippen LogP contribution in [0.2, 0.25) is 0 Å². The molecular formula is C17H32N2O4. The number of carbonyl (C=O) groups excluding carboxylic acids is 1. The number of aliphatic hydroxyl groups is 1. The van der Waals surface area contributed by atoms with Crippen molar-refractivity contribution in [3.05, 3.63) is 0 Å². The van der Waals surface area contributed by atoms with Gasteiger partial charge in [-0.1, -0.05) is 6.92 Å². The van der Waals surface area contributed by atoms with Gasteiger partial charge in [-0.3, -0.25) is 9.69 Å². The quantitative estimate of drug-likeness (QED) is 0.751. The lowest BCUT2D eigenvalue weighted by molar-refractivity contribution is -0.148. The zero-order valence-electron chi connectivity index (χ0n) is 14.6. The van der Waals surface area contributed by atoms with Gasteiger partial charge in [0.15, 0.2) is 0 Å². The smallest absolute Gasteiger partial charge is 0.251 e. The number of hydrogen-bond acceptors (Lipinski definition) is 5. The van der Waals surface area contributed by atoms with E-state index in [2.05, 4.69) is 4.90 Å². The molecule has 0 radical (unpaired) electrons. The molecule has 2 saturated heterocycles. The van der Waals surface area contributed by atoms with Crippen LogP contribution in [0.1, 0.15) is 39.5 Å². The van der Waals surface area contributed by atoms with E-state index < -0.39 is 6.10 Å². The third kappa shape index (κ3) is 6.03. The van der Waals surface area contributed by atoms with Crippen LogP contribution in [0.15, 0.2) is 0 Å². The van der Waals surface area contributed by atoms with Crippen molar-refractivity contribution < 1.29 is 19.4 Å². The van der Waals surface area contributed by atoms with Crippen molar-refractivity contribution >= 4 is 5.91 Å². The Kier molecular flexibility index (Phi) is 7.76. The molecule has 0 unspecified atom stereocenters. The van der Waals surface area contributed by atoms with E-state index in [9.17, 15) is 9.90 Å². The highest BCUT2D eigenvalue weighted by Crippen LogP contribution is 2.14. The third-order valence-corrected chi connectivity index (χ3v) is 4.78. The molecule has 1 amide bonds. The Bertz CT molecular complexity index is 353. The molecule has 0 aliphatic carbocycles. The monoisotopic (exact) mass is 328 g/mol. The van der Waals surface area contributed by atoms with Crippen molar-refractivity contribution in [3.63, 3.8) is 0 Å². The van der Waals surface area contributed by atoms with Crippen LogP contribution in [0.3, 0.4) is 0 Å². The van der Waals surface area contributed by atoms with Gasteiger partial charge in [-0.2, -0.15) is 0 Å². The Morgan fingerprint density at radius 3 is 2.65 bits per heavy atom. The van der Waals surface area contributed by atoms with Crippen LogP contribution >= 0.6 is 0 Å². The van der Waals surface area contributed by atoms with Gasteiger partial charge in [0.05, 0.1) is 18.8 Å². The molecule has 134 valence electrons. The van der Waals surface area contributed by atoms with Crippen molar-refractivity contribution in [3.8, 4) is 0 Å². The minimum absolute atomic E-state index is 0.0662. The maximum absolute atomic E-state index is 12.4. The van der Waals surface area contributed by atoms with Gasteiger partial charge in [0.2, 0.25) is 0 Å². The summed E-state index contributed by atoms with van der Waals surface area (Å²) in [5, 5.41) is 9.71. The molecule has 3 atom stereocenters. The molecule has 23 heavy (non-hydrogen) atoms. The molecule has 0 aromatic rings. The van der Waals surface area contributed by atoms with Gasteiger partial charge in [0, 0.05) is 39.3 Å². The SMILES string of the molecule is CC[C@H](O)CN1CCN(C(=O)[C@H](C)OC[C@H]2CCCCO2)CC1. The number of aliphatic hydroxyl groups excluding tert-OH is 1. The summed E-state index contributed by atoms with van der Waals surface area (Å²) in [4.78, 5) is 16.5. The normalized spacial score (nSPS) is 26.0. The topological polar surface area (TPSA) is 62.2 Å². The molecule has 0 spiro atoms. The van der Waals surface area contributed by atoms with Crippen molar-refractivity contribution in [2.24, 2.45) is 0 Å². The Morgan fingerprint density at radius 1 is 1.30 bits per heavy atom. The standard InChI is InChI=1S/C17H32N2O4/c1-3-15(20)12-18-7-9-19(10-8-18)17(21)14(2)23-13-16-6-4-5-11-22-16/h14-16,20H,3-13H2,1-2H3/t14-,15-,16+/m0/s1. The second-order valence-electron chi connectivity index (χ2n) is 6.65. The first kappa shape index (κ1) is 18.6. The first-order valence-electron chi connectivity index (χ1n) is 9.02. The van der Waals surface area contributed by atoms with Crippen LogP contribution in [0.4, 0.5) is 0 Å². The number of hydrogen-bond donors (Lipinski definition) is 1. The highest BCUT2D eigenvalue weighted by Gasteiger charge is 2.26. The third-order valence-electron chi connectivity index (χ3n) is 4.78. The molecule has 2 heterocycles. The summed E-state index contributed by atoms with van der Waals surface area (Å²) in [7, 11) is 0. The predicted molar refractivity (Wildman–Crippen MR) is 88.3 cm³/mol. The lowest BCUT2D eigenvalue weighted by Gasteiger charge is -2.36. The van der Waals surface area contributed by atoms with Gasteiger partial charge in [0.25, 0.3) is 5.91 Å². The Balaban J connectivity index is 1.67. The molecule has 0 aromatic heterocycles. The van der Waals surface area contributed by atoms with Crippen LogP contribution in [0.5, 0.6) is 0 Å². The fraction of sp³-hybridized carbons (Fsp3) is 0.941. The summed E-state index contributed by atoms with van der Waals surface area (Å²) in [5.74, 6) is 0.0662. The maximum Gasteiger partial charge on any atom is 0.251 e. The van der Waals surface area contributed by atoms with Gasteiger partial charge < -0.3 is 19.5 Å². The molecule has 2 aliphatic rings. The first-order chi connectivity index (χ1) is 11.1. The molecule has 2 aliphatic heterocycles. The van der Waals surface area contributed by atoms with Crippen LogP contribution in [0.25, 0.3) is 0 Å². The predicted octanol–water partition coefficient (Wildman–Crippen LogP) is 0.876. The minimum Gasteiger partial charge on any atom is -0.392 e. The van der Waals surface area contributed by atoms with E-state index in [1.54, 1.807) is 0 Å². The molecule has 2 fully saturated rings. The van der Waals surface area contributed by atoms with E-state index in [4.69, 9.17) is 9.47 Å².